The first-order valence-electron chi connectivity index (χ1n) is 6.41. The molecule has 1 N–H and O–H groups in total. The molecule has 1 aromatic carbocycles. The molecule has 0 spiro atoms. The molecule has 1 amide bonds. The first-order valence-corrected chi connectivity index (χ1v) is 7.85. The Bertz CT molecular complexity index is 565. The van der Waals surface area contributed by atoms with Crippen LogP contribution in [0.25, 0.3) is 0 Å². The number of hydrogen-bond donors (Lipinski definition) is 1. The van der Waals surface area contributed by atoms with E-state index in [2.05, 4.69) is 11.9 Å². The summed E-state index contributed by atoms with van der Waals surface area (Å²) in [6.45, 7) is 5.86. The number of unbranched alkanes of at least 4 members (excludes halogenated alkanes) is 1. The van der Waals surface area contributed by atoms with E-state index in [-0.39, 0.29) is 10.8 Å². The van der Waals surface area contributed by atoms with Crippen LogP contribution in [0.15, 0.2) is 41.8 Å². The van der Waals surface area contributed by atoms with Crippen molar-refractivity contribution >= 4 is 21.6 Å². The Morgan fingerprint density at radius 2 is 1.95 bits per heavy atom. The van der Waals surface area contributed by atoms with Crippen LogP contribution < -0.4 is 5.32 Å². The molecule has 0 bridgehead atoms. The van der Waals surface area contributed by atoms with E-state index in [0.29, 0.717) is 12.2 Å². The normalized spacial score (nSPS) is 11.3. The molecule has 5 nitrogen and oxygen atoms in total. The average molecular weight is 296 g/mol. The number of nitrogens with one attached hydrogen (secondary N) is 1. The fourth-order valence-corrected chi connectivity index (χ4v) is 2.79. The number of anilines is 1. The number of carbonyl (C=O) groups is 1. The van der Waals surface area contributed by atoms with Crippen molar-refractivity contribution in [3.63, 3.8) is 0 Å². The quantitative estimate of drug-likeness (QED) is 0.785. The monoisotopic (exact) mass is 296 g/mol. The molecule has 1 rings (SSSR count). The molecule has 0 saturated heterocycles. The molecule has 0 radical (unpaired) electrons. The van der Waals surface area contributed by atoms with Crippen LogP contribution >= 0.6 is 0 Å². The van der Waals surface area contributed by atoms with E-state index in [1.54, 1.807) is 19.2 Å². The van der Waals surface area contributed by atoms with Gasteiger partial charge in [0.15, 0.2) is 0 Å². The molecule has 0 fully saturated rings. The number of amides is 1. The van der Waals surface area contributed by atoms with Gasteiger partial charge < -0.3 is 5.32 Å². The smallest absolute Gasteiger partial charge is 0.247 e. The maximum atomic E-state index is 12.3. The number of sulfonamides is 1. The van der Waals surface area contributed by atoms with E-state index < -0.39 is 10.0 Å². The van der Waals surface area contributed by atoms with Crippen molar-refractivity contribution in [2.75, 3.05) is 18.9 Å². The predicted molar refractivity (Wildman–Crippen MR) is 80.0 cm³/mol. The van der Waals surface area contributed by atoms with Gasteiger partial charge in [-0.1, -0.05) is 19.9 Å². The van der Waals surface area contributed by atoms with Gasteiger partial charge >= 0.3 is 0 Å². The zero-order valence-corrected chi connectivity index (χ0v) is 12.6. The molecular formula is C14H20N2O3S. The summed E-state index contributed by atoms with van der Waals surface area (Å²) >= 11 is 0. The van der Waals surface area contributed by atoms with E-state index in [0.717, 1.165) is 18.9 Å². The van der Waals surface area contributed by atoms with Crippen LogP contribution in [0.3, 0.4) is 0 Å². The third kappa shape index (κ3) is 4.18. The largest absolute Gasteiger partial charge is 0.323 e. The lowest BCUT2D eigenvalue weighted by Gasteiger charge is -2.17. The number of nitrogens with zero attached hydrogens (tertiary/aromatic N) is 1. The van der Waals surface area contributed by atoms with Crippen molar-refractivity contribution in [1.29, 1.82) is 0 Å². The molecule has 6 heteroatoms. The summed E-state index contributed by atoms with van der Waals surface area (Å²) in [5.41, 5.74) is 0.532. The minimum Gasteiger partial charge on any atom is -0.323 e. The Hall–Kier alpha value is -1.66. The van der Waals surface area contributed by atoms with E-state index in [1.165, 1.54) is 16.4 Å². The molecule has 20 heavy (non-hydrogen) atoms. The molecule has 1 aromatic rings. The van der Waals surface area contributed by atoms with Crippen LogP contribution in [0.5, 0.6) is 0 Å². The summed E-state index contributed by atoms with van der Waals surface area (Å²) in [7, 11) is -1.89. The minimum atomic E-state index is -3.46. The highest BCUT2D eigenvalue weighted by molar-refractivity contribution is 7.89. The highest BCUT2D eigenvalue weighted by Gasteiger charge is 2.19. The van der Waals surface area contributed by atoms with Crippen molar-refractivity contribution in [3.8, 4) is 0 Å². The van der Waals surface area contributed by atoms with Gasteiger partial charge in [-0.15, -0.1) is 0 Å². The van der Waals surface area contributed by atoms with E-state index in [1.807, 2.05) is 6.92 Å². The number of carbonyl (C=O) groups excluding carboxylic acids is 1. The van der Waals surface area contributed by atoms with Gasteiger partial charge in [-0.25, -0.2) is 12.7 Å². The second-order valence-corrected chi connectivity index (χ2v) is 6.44. The second-order valence-electron chi connectivity index (χ2n) is 4.40. The Morgan fingerprint density at radius 3 is 2.45 bits per heavy atom. The Kier molecular flexibility index (Phi) is 5.91. The maximum absolute atomic E-state index is 12.3. The van der Waals surface area contributed by atoms with Crippen LogP contribution in [0, 0.1) is 0 Å². The maximum Gasteiger partial charge on any atom is 0.247 e. The van der Waals surface area contributed by atoms with Gasteiger partial charge in [-0.3, -0.25) is 4.79 Å². The fraction of sp³-hybridized carbons (Fsp3) is 0.357. The van der Waals surface area contributed by atoms with Crippen molar-refractivity contribution in [2.45, 2.75) is 24.7 Å². The second kappa shape index (κ2) is 7.21. The average Bonchev–Trinajstić information content (AvgIpc) is 2.45. The first kappa shape index (κ1) is 16.4. The van der Waals surface area contributed by atoms with Crippen LogP contribution in [-0.4, -0.2) is 32.2 Å². The zero-order valence-electron chi connectivity index (χ0n) is 11.8. The van der Waals surface area contributed by atoms with Crippen LogP contribution in [0.4, 0.5) is 5.69 Å². The zero-order chi connectivity index (χ0) is 15.2. The topological polar surface area (TPSA) is 66.5 Å². The molecule has 0 aliphatic heterocycles. The van der Waals surface area contributed by atoms with Gasteiger partial charge in [-0.05, 0) is 36.8 Å². The number of rotatable bonds is 7. The summed E-state index contributed by atoms with van der Waals surface area (Å²) in [6.07, 6.45) is 2.92. The summed E-state index contributed by atoms with van der Waals surface area (Å²) < 4.78 is 25.8. The summed E-state index contributed by atoms with van der Waals surface area (Å²) in [5.74, 6) is -0.333. The van der Waals surface area contributed by atoms with Gasteiger partial charge in [0.25, 0.3) is 0 Å². The molecule has 0 saturated carbocycles. The summed E-state index contributed by atoms with van der Waals surface area (Å²) in [4.78, 5) is 11.3. The molecule has 0 atom stereocenters. The van der Waals surface area contributed by atoms with Crippen molar-refractivity contribution in [3.05, 3.63) is 36.9 Å². The van der Waals surface area contributed by atoms with Crippen molar-refractivity contribution in [2.24, 2.45) is 0 Å². The Balaban J connectivity index is 2.86. The standard InChI is InChI=1S/C14H20N2O3S/c1-4-6-11-16(3)20(18,19)13-9-7-12(8-10-13)15-14(17)5-2/h5,7-10H,2,4,6,11H2,1,3H3,(H,15,17). The van der Waals surface area contributed by atoms with Crippen LogP contribution in [-0.2, 0) is 14.8 Å². The lowest BCUT2D eigenvalue weighted by Crippen LogP contribution is -2.27. The van der Waals surface area contributed by atoms with Gasteiger partial charge in [0.05, 0.1) is 4.90 Å². The minimum absolute atomic E-state index is 0.215. The molecule has 0 unspecified atom stereocenters. The number of hydrogen-bond acceptors (Lipinski definition) is 3. The van der Waals surface area contributed by atoms with Gasteiger partial charge in [0.2, 0.25) is 15.9 Å². The van der Waals surface area contributed by atoms with E-state index in [9.17, 15) is 13.2 Å². The first-order chi connectivity index (χ1) is 9.41. The summed E-state index contributed by atoms with van der Waals surface area (Å²) in [5, 5.41) is 2.57. The Morgan fingerprint density at radius 1 is 1.35 bits per heavy atom. The number of benzene rings is 1. The van der Waals surface area contributed by atoms with Crippen molar-refractivity contribution in [1.82, 2.24) is 4.31 Å². The predicted octanol–water partition coefficient (Wildman–Crippen LogP) is 2.23. The molecule has 110 valence electrons. The molecule has 0 heterocycles. The SMILES string of the molecule is C=CC(=O)Nc1ccc(S(=O)(=O)N(C)CCCC)cc1. The van der Waals surface area contributed by atoms with E-state index in [4.69, 9.17) is 0 Å². The Labute approximate surface area is 120 Å². The van der Waals surface area contributed by atoms with Gasteiger partial charge in [-0.2, -0.15) is 0 Å². The lowest BCUT2D eigenvalue weighted by atomic mass is 10.3. The van der Waals surface area contributed by atoms with Crippen LogP contribution in [0.1, 0.15) is 19.8 Å². The third-order valence-corrected chi connectivity index (χ3v) is 4.71. The molecular weight excluding hydrogens is 276 g/mol. The van der Waals surface area contributed by atoms with Gasteiger partial charge in [0.1, 0.15) is 0 Å². The third-order valence-electron chi connectivity index (χ3n) is 2.84. The molecule has 0 aromatic heterocycles. The molecule has 0 aliphatic rings. The lowest BCUT2D eigenvalue weighted by molar-refractivity contribution is -0.111. The van der Waals surface area contributed by atoms with Crippen molar-refractivity contribution < 1.29 is 13.2 Å². The van der Waals surface area contributed by atoms with Gasteiger partial charge in [0, 0.05) is 19.3 Å². The van der Waals surface area contributed by atoms with E-state index >= 15 is 0 Å². The fourth-order valence-electron chi connectivity index (χ4n) is 1.58. The summed E-state index contributed by atoms with van der Waals surface area (Å²) in [6, 6.07) is 6.08. The highest BCUT2D eigenvalue weighted by atomic mass is 32.2. The highest BCUT2D eigenvalue weighted by Crippen LogP contribution is 2.17. The molecule has 0 aliphatic carbocycles. The van der Waals surface area contributed by atoms with Crippen LogP contribution in [0.2, 0.25) is 0 Å².